The summed E-state index contributed by atoms with van der Waals surface area (Å²) in [6.07, 6.45) is -2.68. The zero-order chi connectivity index (χ0) is 22.6. The number of benzene rings is 1. The normalized spacial score (nSPS) is 11.5. The van der Waals surface area contributed by atoms with Gasteiger partial charge in [0.25, 0.3) is 5.91 Å². The molecule has 2 heterocycles. The fraction of sp³-hybridized carbons (Fsp3) is 0.263. The van der Waals surface area contributed by atoms with Crippen molar-refractivity contribution < 1.29 is 22.7 Å². The first-order valence-electron chi connectivity index (χ1n) is 8.96. The van der Waals surface area contributed by atoms with Crippen LogP contribution in [0.3, 0.4) is 0 Å². The number of allylic oxidation sites excluding steroid dienone is 1. The van der Waals surface area contributed by atoms with Gasteiger partial charge in [-0.05, 0) is 36.8 Å². The first-order valence-corrected chi connectivity index (χ1v) is 10.2. The number of aryl methyl sites for hydroxylation is 1. The molecule has 0 atom stereocenters. The van der Waals surface area contributed by atoms with Crippen molar-refractivity contribution >= 4 is 34.6 Å². The number of carbonyl (C=O) groups is 1. The lowest BCUT2D eigenvalue weighted by Gasteiger charge is -2.08. The Bertz CT molecular complexity index is 1130. The molecule has 7 nitrogen and oxygen atoms in total. The van der Waals surface area contributed by atoms with E-state index in [1.165, 1.54) is 35.6 Å². The summed E-state index contributed by atoms with van der Waals surface area (Å²) in [5.41, 5.74) is 1.54. The Morgan fingerprint density at radius 1 is 1.39 bits per heavy atom. The average molecular weight is 470 g/mol. The number of carbonyl (C=O) groups excluding carboxylic acids is 1. The van der Waals surface area contributed by atoms with Gasteiger partial charge in [-0.1, -0.05) is 29.5 Å². The number of nitrogens with one attached hydrogen (secondary N) is 2. The molecule has 0 saturated heterocycles. The van der Waals surface area contributed by atoms with Crippen LogP contribution in [0.4, 0.5) is 18.3 Å². The Hall–Kier alpha value is -2.83. The summed E-state index contributed by atoms with van der Waals surface area (Å²) in [4.78, 5) is 17.6. The molecular weight excluding hydrogens is 451 g/mol. The van der Waals surface area contributed by atoms with E-state index in [9.17, 15) is 18.0 Å². The standard InChI is InChI=1S/C19H18F3N5O2S2/c1-3-8-27-15(25-26-18(27)30)14-11(2)23-17(31-14)24-16(28)13-6-4-12(5-7-13)9-29-10-19(20,21)22/h3-7H,1,8-10H2,2H3,(H,26,30)(H,23,24,28). The van der Waals surface area contributed by atoms with Crippen molar-refractivity contribution in [2.75, 3.05) is 11.9 Å². The van der Waals surface area contributed by atoms with Crippen LogP contribution < -0.4 is 5.32 Å². The van der Waals surface area contributed by atoms with E-state index in [2.05, 4.69) is 31.8 Å². The predicted octanol–water partition coefficient (Wildman–Crippen LogP) is 4.89. The van der Waals surface area contributed by atoms with Crippen molar-refractivity contribution in [3.05, 3.63) is 58.5 Å². The number of anilines is 1. The van der Waals surface area contributed by atoms with E-state index in [-0.39, 0.29) is 6.61 Å². The minimum absolute atomic E-state index is 0.199. The molecule has 0 aliphatic heterocycles. The third kappa shape index (κ3) is 5.87. The number of amides is 1. The Morgan fingerprint density at radius 2 is 2.10 bits per heavy atom. The molecule has 0 radical (unpaired) electrons. The monoisotopic (exact) mass is 469 g/mol. The molecule has 1 aromatic carbocycles. The predicted molar refractivity (Wildman–Crippen MR) is 114 cm³/mol. The fourth-order valence-corrected chi connectivity index (χ4v) is 3.82. The fourth-order valence-electron chi connectivity index (χ4n) is 2.65. The van der Waals surface area contributed by atoms with Crippen LogP contribution in [0, 0.1) is 11.7 Å². The Kier molecular flexibility index (Phi) is 7.03. The molecule has 31 heavy (non-hydrogen) atoms. The van der Waals surface area contributed by atoms with E-state index < -0.39 is 18.7 Å². The molecule has 3 aromatic rings. The molecule has 1 amide bonds. The second kappa shape index (κ2) is 9.54. The van der Waals surface area contributed by atoms with E-state index >= 15 is 0 Å². The summed E-state index contributed by atoms with van der Waals surface area (Å²) < 4.78 is 43.2. The van der Waals surface area contributed by atoms with Gasteiger partial charge < -0.3 is 4.74 Å². The van der Waals surface area contributed by atoms with Crippen LogP contribution in [0.5, 0.6) is 0 Å². The van der Waals surface area contributed by atoms with Crippen LogP contribution in [-0.4, -0.2) is 38.4 Å². The highest BCUT2D eigenvalue weighted by Crippen LogP contribution is 2.32. The number of hydrogen-bond acceptors (Lipinski definition) is 6. The molecule has 2 N–H and O–H groups in total. The van der Waals surface area contributed by atoms with Gasteiger partial charge in [0.2, 0.25) is 0 Å². The Morgan fingerprint density at radius 3 is 2.74 bits per heavy atom. The van der Waals surface area contributed by atoms with Gasteiger partial charge in [0.15, 0.2) is 15.7 Å². The minimum Gasteiger partial charge on any atom is -0.367 e. The maximum atomic E-state index is 12.5. The Labute approximate surface area is 184 Å². The molecule has 0 saturated carbocycles. The van der Waals surface area contributed by atoms with Gasteiger partial charge in [0.05, 0.1) is 17.2 Å². The van der Waals surface area contributed by atoms with Crippen LogP contribution in [0.2, 0.25) is 0 Å². The van der Waals surface area contributed by atoms with Gasteiger partial charge in [-0.3, -0.25) is 19.8 Å². The molecule has 0 aliphatic carbocycles. The quantitative estimate of drug-likeness (QED) is 0.363. The molecule has 0 bridgehead atoms. The average Bonchev–Trinajstić information content (AvgIpc) is 3.24. The van der Waals surface area contributed by atoms with Crippen molar-refractivity contribution in [3.63, 3.8) is 0 Å². The van der Waals surface area contributed by atoms with Gasteiger partial charge in [-0.15, -0.1) is 6.58 Å². The topological polar surface area (TPSA) is 84.8 Å². The summed E-state index contributed by atoms with van der Waals surface area (Å²) >= 11 is 6.48. The summed E-state index contributed by atoms with van der Waals surface area (Å²) in [5.74, 6) is 0.205. The highest BCUT2D eigenvalue weighted by molar-refractivity contribution is 7.71. The lowest BCUT2D eigenvalue weighted by atomic mass is 10.1. The van der Waals surface area contributed by atoms with Crippen molar-refractivity contribution in [2.45, 2.75) is 26.3 Å². The van der Waals surface area contributed by atoms with Crippen molar-refractivity contribution in [1.82, 2.24) is 19.7 Å². The third-order valence-corrected chi connectivity index (χ3v) is 5.42. The molecule has 0 spiro atoms. The smallest absolute Gasteiger partial charge is 0.367 e. The number of thiazole rings is 1. The number of alkyl halides is 3. The summed E-state index contributed by atoms with van der Waals surface area (Å²) in [5, 5.41) is 10.1. The molecule has 164 valence electrons. The van der Waals surface area contributed by atoms with Crippen molar-refractivity contribution in [2.24, 2.45) is 0 Å². The number of ether oxygens (including phenoxy) is 1. The highest BCUT2D eigenvalue weighted by atomic mass is 32.1. The molecule has 0 fully saturated rings. The van der Waals surface area contributed by atoms with Crippen molar-refractivity contribution in [3.8, 4) is 10.7 Å². The number of hydrogen-bond donors (Lipinski definition) is 2. The van der Waals surface area contributed by atoms with Gasteiger partial charge in [-0.2, -0.15) is 18.3 Å². The number of H-pyrrole nitrogens is 1. The second-order valence-electron chi connectivity index (χ2n) is 6.44. The number of nitrogens with zero attached hydrogens (tertiary/aromatic N) is 3. The van der Waals surface area contributed by atoms with Crippen LogP contribution in [0.25, 0.3) is 10.7 Å². The maximum absolute atomic E-state index is 12.5. The zero-order valence-corrected chi connectivity index (χ0v) is 18.0. The van der Waals surface area contributed by atoms with E-state index in [0.29, 0.717) is 39.1 Å². The molecule has 0 aliphatic rings. The van der Waals surface area contributed by atoms with Crippen molar-refractivity contribution in [1.29, 1.82) is 0 Å². The number of halogens is 3. The van der Waals surface area contributed by atoms with E-state index in [4.69, 9.17) is 12.2 Å². The maximum Gasteiger partial charge on any atom is 0.411 e. The van der Waals surface area contributed by atoms with E-state index in [1.54, 1.807) is 17.6 Å². The summed E-state index contributed by atoms with van der Waals surface area (Å²) in [6, 6.07) is 6.10. The largest absolute Gasteiger partial charge is 0.411 e. The van der Waals surface area contributed by atoms with Crippen LogP contribution in [0.15, 0.2) is 36.9 Å². The highest BCUT2D eigenvalue weighted by Gasteiger charge is 2.27. The summed E-state index contributed by atoms with van der Waals surface area (Å²) in [6.45, 7) is 4.46. The van der Waals surface area contributed by atoms with Crippen LogP contribution in [0.1, 0.15) is 21.6 Å². The second-order valence-corrected chi connectivity index (χ2v) is 7.83. The number of aromatic nitrogens is 4. The minimum atomic E-state index is -4.38. The molecule has 0 unspecified atom stereocenters. The van der Waals surface area contributed by atoms with Gasteiger partial charge in [0.1, 0.15) is 6.61 Å². The third-order valence-electron chi connectivity index (χ3n) is 4.04. The van der Waals surface area contributed by atoms with Gasteiger partial charge in [-0.25, -0.2) is 4.98 Å². The van der Waals surface area contributed by atoms with Crippen LogP contribution >= 0.6 is 23.6 Å². The number of rotatable bonds is 8. The van der Waals surface area contributed by atoms with E-state index in [0.717, 1.165) is 4.88 Å². The lowest BCUT2D eigenvalue weighted by molar-refractivity contribution is -0.176. The Balaban J connectivity index is 1.68. The molecular formula is C19H18F3N5O2S2. The van der Waals surface area contributed by atoms with Gasteiger partial charge >= 0.3 is 6.18 Å². The molecule has 2 aromatic heterocycles. The molecule has 12 heteroatoms. The molecule has 3 rings (SSSR count). The lowest BCUT2D eigenvalue weighted by Crippen LogP contribution is -2.16. The zero-order valence-electron chi connectivity index (χ0n) is 16.3. The SMILES string of the molecule is C=CCn1c(-c2sc(NC(=O)c3ccc(COCC(F)(F)F)cc3)nc2C)n[nH]c1=S. The first-order chi connectivity index (χ1) is 14.7. The van der Waals surface area contributed by atoms with Crippen LogP contribution in [-0.2, 0) is 17.9 Å². The van der Waals surface area contributed by atoms with E-state index in [1.807, 2.05) is 0 Å². The first kappa shape index (κ1) is 22.8. The van der Waals surface area contributed by atoms with Gasteiger partial charge in [0, 0.05) is 12.1 Å². The number of aromatic amines is 1. The summed E-state index contributed by atoms with van der Waals surface area (Å²) in [7, 11) is 0.